The number of hydrogen-bond donors (Lipinski definition) is 4. The largest absolute Gasteiger partial charge is 0.433 e. The van der Waals surface area contributed by atoms with Crippen molar-refractivity contribution in [1.82, 2.24) is 39.9 Å². The summed E-state index contributed by atoms with van der Waals surface area (Å²) in [6.45, 7) is 5.61. The van der Waals surface area contributed by atoms with E-state index in [9.17, 15) is 40.7 Å². The summed E-state index contributed by atoms with van der Waals surface area (Å²) in [4.78, 5) is 68.5. The molecule has 0 unspecified atom stereocenters. The van der Waals surface area contributed by atoms with Gasteiger partial charge in [0.1, 0.15) is 28.0 Å². The number of hydrogen-bond acceptors (Lipinski definition) is 11. The van der Waals surface area contributed by atoms with Crippen molar-refractivity contribution < 1.29 is 35.9 Å². The summed E-state index contributed by atoms with van der Waals surface area (Å²) in [5.74, 6) is -0.417. The normalized spacial score (nSPS) is 11.5. The number of aromatic nitrogens is 8. The molecule has 4 N–H and O–H groups in total. The first kappa shape index (κ1) is 46.1. The number of halogens is 7. The predicted molar refractivity (Wildman–Crippen MR) is 236 cm³/mol. The molecule has 6 heterocycles. The van der Waals surface area contributed by atoms with Crippen LogP contribution in [-0.4, -0.2) is 58.7 Å². The van der Waals surface area contributed by atoms with Gasteiger partial charge in [-0.2, -0.15) is 31.3 Å². The monoisotopic (exact) mass is 925 g/mol. The molecule has 2 amide bonds. The van der Waals surface area contributed by atoms with E-state index in [1.165, 1.54) is 12.1 Å². The molecule has 66 heavy (non-hydrogen) atoms. The lowest BCUT2D eigenvalue weighted by atomic mass is 10.00. The molecule has 8 aromatic rings. The van der Waals surface area contributed by atoms with Gasteiger partial charge in [0.15, 0.2) is 5.65 Å². The Hall–Kier alpha value is -7.87. The molecule has 0 fully saturated rings. The summed E-state index contributed by atoms with van der Waals surface area (Å²) in [7, 11) is 1.66. The highest BCUT2D eigenvalue weighted by Crippen LogP contribution is 2.34. The lowest BCUT2D eigenvalue weighted by Gasteiger charge is -2.13. The van der Waals surface area contributed by atoms with Crippen LogP contribution in [0.15, 0.2) is 102 Å². The predicted octanol–water partition coefficient (Wildman–Crippen LogP) is 9.88. The van der Waals surface area contributed by atoms with Gasteiger partial charge in [0.2, 0.25) is 5.95 Å². The zero-order chi connectivity index (χ0) is 47.5. The summed E-state index contributed by atoms with van der Waals surface area (Å²) in [6, 6.07) is 17.2. The third kappa shape index (κ3) is 10.4. The Labute approximate surface area is 375 Å². The first-order valence-corrected chi connectivity index (χ1v) is 20.0. The van der Waals surface area contributed by atoms with Crippen LogP contribution in [0.25, 0.3) is 44.3 Å². The van der Waals surface area contributed by atoms with E-state index in [0.717, 1.165) is 23.5 Å². The highest BCUT2D eigenvalue weighted by Gasteiger charge is 2.34. The van der Waals surface area contributed by atoms with Crippen molar-refractivity contribution in [3.8, 4) is 22.3 Å². The minimum atomic E-state index is -4.66. The molecular weight excluding hydrogens is 892 g/mol. The number of fused-ring (bicyclic) bond motifs is 2. The highest BCUT2D eigenvalue weighted by molar-refractivity contribution is 6.32. The Morgan fingerprint density at radius 1 is 0.652 bits per heavy atom. The lowest BCUT2D eigenvalue weighted by molar-refractivity contribution is -0.142. The standard InChI is InChI=1S/C23H17ClF3N5O.C22H17F3N6O2/c1-3-19-29-11-14-8-17(20(24)32-21(14)31-19)16-10-15(5-4-12(16)2)30-22(33)13-6-7-28-18(9-13)23(25,26)27;1-11-3-4-14(29-19(32)12-5-6-27-17(8-12)22(23,24)25)9-15(11)16-7-13-10-28-21(26-2)31-18(13)30-20(16)33/h4-11H,3H2,1-2H3,(H,30,33);3-10H,1-2H3,(H,29,32)(H2,26,28,30,31,33). The van der Waals surface area contributed by atoms with Crippen LogP contribution in [0.5, 0.6) is 0 Å². The zero-order valence-electron chi connectivity index (χ0n) is 34.9. The number of pyridine rings is 4. The number of amides is 2. The molecule has 0 aliphatic heterocycles. The van der Waals surface area contributed by atoms with Gasteiger partial charge in [0.05, 0.1) is 0 Å². The number of carbonyl (C=O) groups excluding carboxylic acids is 2. The van der Waals surface area contributed by atoms with Crippen LogP contribution < -0.4 is 21.5 Å². The average Bonchev–Trinajstić information content (AvgIpc) is 3.29. The van der Waals surface area contributed by atoms with E-state index in [2.05, 4.69) is 55.8 Å². The Bertz CT molecular complexity index is 3240. The maximum atomic E-state index is 12.9. The van der Waals surface area contributed by atoms with Crippen molar-refractivity contribution in [3.63, 3.8) is 0 Å². The van der Waals surface area contributed by atoms with E-state index in [0.29, 0.717) is 86.0 Å². The third-order valence-electron chi connectivity index (χ3n) is 9.90. The number of nitrogens with zero attached hydrogens (tertiary/aromatic N) is 7. The molecule has 0 aliphatic rings. The molecule has 0 aliphatic carbocycles. The first-order chi connectivity index (χ1) is 31.3. The molecule has 14 nitrogen and oxygen atoms in total. The van der Waals surface area contributed by atoms with Crippen molar-refractivity contribution in [1.29, 1.82) is 0 Å². The van der Waals surface area contributed by atoms with Gasteiger partial charge in [0, 0.05) is 82.7 Å². The number of nitrogens with one attached hydrogen (secondary N) is 4. The van der Waals surface area contributed by atoms with E-state index in [1.807, 2.05) is 19.9 Å². The summed E-state index contributed by atoms with van der Waals surface area (Å²) in [5.41, 5.74) is 2.33. The van der Waals surface area contributed by atoms with Crippen LogP contribution >= 0.6 is 11.6 Å². The van der Waals surface area contributed by atoms with E-state index >= 15 is 0 Å². The van der Waals surface area contributed by atoms with Crippen LogP contribution in [0.3, 0.4) is 0 Å². The van der Waals surface area contributed by atoms with Gasteiger partial charge in [0.25, 0.3) is 17.4 Å². The number of carbonyl (C=O) groups is 2. The van der Waals surface area contributed by atoms with Crippen LogP contribution in [0.1, 0.15) is 56.0 Å². The Morgan fingerprint density at radius 3 is 1.71 bits per heavy atom. The summed E-state index contributed by atoms with van der Waals surface area (Å²) >= 11 is 6.45. The number of aromatic amines is 1. The molecular formula is C45H34ClF6N11O3. The van der Waals surface area contributed by atoms with Crippen molar-refractivity contribution in [2.75, 3.05) is 23.0 Å². The van der Waals surface area contributed by atoms with Gasteiger partial charge in [-0.1, -0.05) is 30.7 Å². The summed E-state index contributed by atoms with van der Waals surface area (Å²) < 4.78 is 77.4. The second-order valence-electron chi connectivity index (χ2n) is 14.5. The molecule has 0 saturated heterocycles. The lowest BCUT2D eigenvalue weighted by Crippen LogP contribution is -2.15. The molecule has 0 saturated carbocycles. The molecule has 0 atom stereocenters. The van der Waals surface area contributed by atoms with E-state index < -0.39 is 41.1 Å². The van der Waals surface area contributed by atoms with E-state index in [1.54, 1.807) is 68.8 Å². The molecule has 2 aromatic carbocycles. The van der Waals surface area contributed by atoms with Gasteiger partial charge in [-0.25, -0.2) is 19.9 Å². The average molecular weight is 926 g/mol. The van der Waals surface area contributed by atoms with Crippen LogP contribution in [0, 0.1) is 13.8 Å². The maximum absolute atomic E-state index is 12.9. The van der Waals surface area contributed by atoms with Crippen molar-refractivity contribution in [2.45, 2.75) is 39.5 Å². The summed E-state index contributed by atoms with van der Waals surface area (Å²) in [6.07, 6.45) is -3.52. The number of H-pyrrole nitrogens is 1. The van der Waals surface area contributed by atoms with Crippen molar-refractivity contribution in [3.05, 3.63) is 153 Å². The molecule has 8 rings (SSSR count). The van der Waals surface area contributed by atoms with Crippen LogP contribution in [0.2, 0.25) is 5.15 Å². The van der Waals surface area contributed by atoms with Gasteiger partial charge < -0.3 is 20.9 Å². The smallest absolute Gasteiger partial charge is 0.357 e. The number of rotatable bonds is 8. The number of aryl methyl sites for hydroxylation is 3. The third-order valence-corrected chi connectivity index (χ3v) is 10.2. The fourth-order valence-electron chi connectivity index (χ4n) is 6.49. The van der Waals surface area contributed by atoms with Gasteiger partial charge in [-0.3, -0.25) is 24.4 Å². The molecule has 336 valence electrons. The number of anilines is 3. The molecule has 0 radical (unpaired) electrons. The van der Waals surface area contributed by atoms with E-state index in [4.69, 9.17) is 11.6 Å². The first-order valence-electron chi connectivity index (χ1n) is 19.6. The Morgan fingerprint density at radius 2 is 1.18 bits per heavy atom. The topological polar surface area (TPSA) is 193 Å². The molecule has 21 heteroatoms. The zero-order valence-corrected chi connectivity index (χ0v) is 35.7. The fraction of sp³-hybridized carbons (Fsp3) is 0.156. The van der Waals surface area contributed by atoms with Gasteiger partial charge in [-0.15, -0.1) is 0 Å². The highest BCUT2D eigenvalue weighted by atomic mass is 35.5. The minimum Gasteiger partial charge on any atom is -0.357 e. The van der Waals surface area contributed by atoms with Gasteiger partial charge in [-0.05, 0) is 96.8 Å². The van der Waals surface area contributed by atoms with Crippen molar-refractivity contribution >= 4 is 62.8 Å². The number of alkyl halides is 6. The molecule has 0 spiro atoms. The van der Waals surface area contributed by atoms with Crippen LogP contribution in [-0.2, 0) is 18.8 Å². The SMILES string of the molecule is CCc1ncc2cc(-c3cc(NC(=O)c4ccnc(C(F)(F)F)c4)ccc3C)c(Cl)nc2n1.CNc1ncc2cc(-c3cc(NC(=O)c4ccnc(C(F)(F)F)c4)ccc3C)c(=O)[nH]c2n1. The van der Waals surface area contributed by atoms with Crippen LogP contribution in [0.4, 0.5) is 43.7 Å². The molecule has 0 bridgehead atoms. The van der Waals surface area contributed by atoms with Crippen molar-refractivity contribution in [2.24, 2.45) is 0 Å². The Balaban J connectivity index is 0.000000196. The second-order valence-corrected chi connectivity index (χ2v) is 14.8. The molecule has 6 aromatic heterocycles. The van der Waals surface area contributed by atoms with E-state index in [-0.39, 0.29) is 16.3 Å². The fourth-order valence-corrected chi connectivity index (χ4v) is 6.73. The maximum Gasteiger partial charge on any atom is 0.433 e. The Kier molecular flexibility index (Phi) is 13.1. The quantitative estimate of drug-likeness (QED) is 0.0837. The summed E-state index contributed by atoms with van der Waals surface area (Å²) in [5, 5.41) is 9.53. The minimum absolute atomic E-state index is 0.159. The van der Waals surface area contributed by atoms with Gasteiger partial charge >= 0.3 is 12.4 Å². The second kappa shape index (κ2) is 18.7. The number of benzene rings is 2.